The Morgan fingerprint density at radius 3 is 2.46 bits per heavy atom. The number of esters is 1. The van der Waals surface area contributed by atoms with Crippen LogP contribution in [0.3, 0.4) is 0 Å². The van der Waals surface area contributed by atoms with E-state index in [0.717, 1.165) is 0 Å². The van der Waals surface area contributed by atoms with Gasteiger partial charge in [0.05, 0.1) is 13.0 Å². The van der Waals surface area contributed by atoms with E-state index in [-0.39, 0.29) is 25.0 Å². The summed E-state index contributed by atoms with van der Waals surface area (Å²) in [6.07, 6.45) is 0.678. The van der Waals surface area contributed by atoms with Gasteiger partial charge in [0.1, 0.15) is 5.75 Å². The molecule has 0 bridgehead atoms. The van der Waals surface area contributed by atoms with Gasteiger partial charge in [0.2, 0.25) is 0 Å². The molecule has 0 saturated carbocycles. The number of ether oxygens (including phenoxy) is 3. The Balaban J connectivity index is 2.60. The number of carbonyl (C=O) groups is 2. The lowest BCUT2D eigenvalue weighted by Crippen LogP contribution is -2.40. The van der Waals surface area contributed by atoms with E-state index in [1.165, 1.54) is 7.11 Å². The van der Waals surface area contributed by atoms with Crippen LogP contribution in [0, 0.1) is 5.92 Å². The van der Waals surface area contributed by atoms with Crippen molar-refractivity contribution in [1.82, 2.24) is 4.90 Å². The highest BCUT2D eigenvalue weighted by Gasteiger charge is 2.21. The topological polar surface area (TPSA) is 65.1 Å². The molecule has 0 aliphatic heterocycles. The fourth-order valence-electron chi connectivity index (χ4n) is 2.09. The molecule has 1 atom stereocenters. The van der Waals surface area contributed by atoms with Crippen LogP contribution in [0.5, 0.6) is 5.75 Å². The van der Waals surface area contributed by atoms with Crippen molar-refractivity contribution in [3.8, 4) is 5.75 Å². The molecule has 1 aromatic rings. The van der Waals surface area contributed by atoms with Gasteiger partial charge in [-0.25, -0.2) is 0 Å². The second-order valence-corrected chi connectivity index (χ2v) is 5.79. The first-order valence-corrected chi connectivity index (χ1v) is 8.08. The van der Waals surface area contributed by atoms with Gasteiger partial charge in [-0.1, -0.05) is 18.5 Å². The van der Waals surface area contributed by atoms with Gasteiger partial charge in [0.15, 0.2) is 6.61 Å². The van der Waals surface area contributed by atoms with E-state index < -0.39 is 5.92 Å². The summed E-state index contributed by atoms with van der Waals surface area (Å²) in [4.78, 5) is 25.6. The molecule has 1 aromatic carbocycles. The van der Waals surface area contributed by atoms with Crippen LogP contribution in [-0.2, 0) is 19.1 Å². The van der Waals surface area contributed by atoms with Gasteiger partial charge in [-0.15, -0.1) is 0 Å². The lowest BCUT2D eigenvalue weighted by molar-refractivity contribution is -0.146. The number of halogens is 1. The molecule has 0 aliphatic rings. The van der Waals surface area contributed by atoms with Crippen molar-refractivity contribution in [3.05, 3.63) is 29.3 Å². The smallest absolute Gasteiger partial charge is 0.310 e. The maximum Gasteiger partial charge on any atom is 0.310 e. The third kappa shape index (κ3) is 7.19. The Morgan fingerprint density at radius 2 is 1.88 bits per heavy atom. The molecule has 0 aromatic heterocycles. The monoisotopic (exact) mass is 357 g/mol. The average Bonchev–Trinajstić information content (AvgIpc) is 2.59. The van der Waals surface area contributed by atoms with E-state index in [4.69, 9.17) is 25.8 Å². The number of hydrogen-bond donors (Lipinski definition) is 0. The van der Waals surface area contributed by atoms with E-state index in [1.807, 2.05) is 0 Å². The first-order chi connectivity index (χ1) is 11.5. The molecule has 0 fully saturated rings. The highest BCUT2D eigenvalue weighted by Crippen LogP contribution is 2.15. The fraction of sp³-hybridized carbons (Fsp3) is 0.529. The molecule has 6 nitrogen and oxygen atoms in total. The van der Waals surface area contributed by atoms with Crippen LogP contribution >= 0.6 is 11.6 Å². The maximum absolute atomic E-state index is 12.4. The number of benzene rings is 1. The highest BCUT2D eigenvalue weighted by molar-refractivity contribution is 6.30. The molecule has 134 valence electrons. The standard InChI is InChI=1S/C17H24ClNO5/c1-13(17(21)23-3)11-19(9-4-10-22-2)16(20)12-24-15-7-5-14(18)6-8-15/h5-8,13H,4,9-12H2,1-3H3. The summed E-state index contributed by atoms with van der Waals surface area (Å²) in [7, 11) is 2.94. The van der Waals surface area contributed by atoms with Crippen LogP contribution in [0.25, 0.3) is 0 Å². The third-order valence-corrected chi connectivity index (χ3v) is 3.65. The Labute approximate surface area is 147 Å². The molecular weight excluding hydrogens is 334 g/mol. The second kappa shape index (κ2) is 10.9. The number of amides is 1. The van der Waals surface area contributed by atoms with E-state index in [9.17, 15) is 9.59 Å². The Bertz CT molecular complexity index is 520. The van der Waals surface area contributed by atoms with Crippen LogP contribution in [0.4, 0.5) is 0 Å². The lowest BCUT2D eigenvalue weighted by atomic mass is 10.1. The fourth-order valence-corrected chi connectivity index (χ4v) is 2.22. The summed E-state index contributed by atoms with van der Waals surface area (Å²) >= 11 is 5.81. The summed E-state index contributed by atoms with van der Waals surface area (Å²) in [6, 6.07) is 6.78. The van der Waals surface area contributed by atoms with Gasteiger partial charge in [-0.2, -0.15) is 0 Å². The van der Waals surface area contributed by atoms with Crippen molar-refractivity contribution in [1.29, 1.82) is 0 Å². The third-order valence-electron chi connectivity index (χ3n) is 3.40. The zero-order valence-electron chi connectivity index (χ0n) is 14.3. The number of methoxy groups -OCH3 is 2. The second-order valence-electron chi connectivity index (χ2n) is 5.35. The minimum atomic E-state index is -0.406. The largest absolute Gasteiger partial charge is 0.484 e. The van der Waals surface area contributed by atoms with E-state index in [2.05, 4.69) is 0 Å². The average molecular weight is 358 g/mol. The Hall–Kier alpha value is -1.79. The van der Waals surface area contributed by atoms with Gasteiger partial charge >= 0.3 is 5.97 Å². The van der Waals surface area contributed by atoms with Crippen LogP contribution in [0.15, 0.2) is 24.3 Å². The van der Waals surface area contributed by atoms with Crippen molar-refractivity contribution >= 4 is 23.5 Å². The lowest BCUT2D eigenvalue weighted by Gasteiger charge is -2.25. The van der Waals surface area contributed by atoms with E-state index in [0.29, 0.717) is 30.3 Å². The molecule has 1 unspecified atom stereocenters. The zero-order valence-corrected chi connectivity index (χ0v) is 15.0. The molecule has 0 heterocycles. The number of nitrogens with zero attached hydrogens (tertiary/aromatic N) is 1. The first-order valence-electron chi connectivity index (χ1n) is 7.70. The van der Waals surface area contributed by atoms with Crippen LogP contribution in [-0.4, -0.2) is 57.3 Å². The van der Waals surface area contributed by atoms with E-state index in [1.54, 1.807) is 43.2 Å². The summed E-state index contributed by atoms with van der Waals surface area (Å²) in [6.45, 7) is 2.91. The molecule has 0 radical (unpaired) electrons. The van der Waals surface area contributed by atoms with Gasteiger partial charge in [-0.05, 0) is 30.7 Å². The van der Waals surface area contributed by atoms with Gasteiger partial charge in [0.25, 0.3) is 5.91 Å². The number of rotatable bonds is 10. The van der Waals surface area contributed by atoms with Crippen LogP contribution in [0.2, 0.25) is 5.02 Å². The van der Waals surface area contributed by atoms with Crippen molar-refractivity contribution < 1.29 is 23.8 Å². The quantitative estimate of drug-likeness (QED) is 0.475. The molecule has 1 amide bonds. The summed E-state index contributed by atoms with van der Waals surface area (Å²) in [5, 5.41) is 0.599. The SMILES string of the molecule is COCCCN(CC(C)C(=O)OC)C(=O)COc1ccc(Cl)cc1. The van der Waals surface area contributed by atoms with Crippen molar-refractivity contribution in [2.45, 2.75) is 13.3 Å². The van der Waals surface area contributed by atoms with Crippen molar-refractivity contribution in [2.24, 2.45) is 5.92 Å². The summed E-state index contributed by atoms with van der Waals surface area (Å²) in [5.74, 6) is -0.391. The van der Waals surface area contributed by atoms with Crippen LogP contribution < -0.4 is 4.74 Å². The number of hydrogen-bond acceptors (Lipinski definition) is 5. The number of carbonyl (C=O) groups excluding carboxylic acids is 2. The molecule has 1 rings (SSSR count). The molecular formula is C17H24ClNO5. The predicted molar refractivity (Wildman–Crippen MR) is 91.2 cm³/mol. The van der Waals surface area contributed by atoms with Crippen LogP contribution in [0.1, 0.15) is 13.3 Å². The van der Waals surface area contributed by atoms with Crippen molar-refractivity contribution in [3.63, 3.8) is 0 Å². The Kier molecular flexibility index (Phi) is 9.19. The molecule has 7 heteroatoms. The first kappa shape index (κ1) is 20.3. The van der Waals surface area contributed by atoms with E-state index >= 15 is 0 Å². The van der Waals surface area contributed by atoms with Gasteiger partial charge < -0.3 is 19.1 Å². The van der Waals surface area contributed by atoms with Gasteiger partial charge in [-0.3, -0.25) is 9.59 Å². The molecule has 0 saturated heterocycles. The predicted octanol–water partition coefficient (Wildman–Crippen LogP) is 2.39. The van der Waals surface area contributed by atoms with Crippen molar-refractivity contribution in [2.75, 3.05) is 40.5 Å². The normalized spacial score (nSPS) is 11.7. The molecule has 0 spiro atoms. The summed E-state index contributed by atoms with van der Waals surface area (Å²) in [5.41, 5.74) is 0. The molecule has 0 N–H and O–H groups in total. The molecule has 0 aliphatic carbocycles. The zero-order chi connectivity index (χ0) is 17.9. The maximum atomic E-state index is 12.4. The Morgan fingerprint density at radius 1 is 1.21 bits per heavy atom. The minimum absolute atomic E-state index is 0.109. The minimum Gasteiger partial charge on any atom is -0.484 e. The highest BCUT2D eigenvalue weighted by atomic mass is 35.5. The van der Waals surface area contributed by atoms with Gasteiger partial charge in [0, 0.05) is 31.8 Å². The molecule has 24 heavy (non-hydrogen) atoms. The summed E-state index contributed by atoms with van der Waals surface area (Å²) < 4.78 is 15.2.